The molecule has 0 bridgehead atoms. The standard InChI is InChI=1S/C23H19N3O2/c1-28-21-10-6-5-9-18(21)19-15-24-14-17-11-12-20(26-22(17)19)23(27)25-13-16-7-3-2-4-8-16/h2-12,14-15H,13H2,1H3,(H,25,27). The van der Waals surface area contributed by atoms with Crippen LogP contribution in [0, 0.1) is 0 Å². The van der Waals surface area contributed by atoms with Gasteiger partial charge in [0, 0.05) is 35.5 Å². The molecule has 1 amide bonds. The largest absolute Gasteiger partial charge is 0.496 e. The lowest BCUT2D eigenvalue weighted by Crippen LogP contribution is -2.23. The number of amides is 1. The zero-order chi connectivity index (χ0) is 19.3. The second-order valence-corrected chi connectivity index (χ2v) is 6.32. The highest BCUT2D eigenvalue weighted by Crippen LogP contribution is 2.33. The van der Waals surface area contributed by atoms with Crippen LogP contribution < -0.4 is 10.1 Å². The SMILES string of the molecule is COc1ccccc1-c1cncc2ccc(C(=O)NCc3ccccc3)nc12. The summed E-state index contributed by atoms with van der Waals surface area (Å²) in [6.45, 7) is 0.453. The van der Waals surface area contributed by atoms with E-state index in [1.54, 1.807) is 25.6 Å². The fourth-order valence-electron chi connectivity index (χ4n) is 3.10. The van der Waals surface area contributed by atoms with Crippen LogP contribution in [0.3, 0.4) is 0 Å². The molecule has 0 aliphatic rings. The molecule has 0 unspecified atom stereocenters. The summed E-state index contributed by atoms with van der Waals surface area (Å²) in [4.78, 5) is 21.6. The van der Waals surface area contributed by atoms with Gasteiger partial charge in [0.15, 0.2) is 0 Å². The molecule has 0 spiro atoms. The molecule has 5 nitrogen and oxygen atoms in total. The summed E-state index contributed by atoms with van der Waals surface area (Å²) in [6.07, 6.45) is 3.49. The van der Waals surface area contributed by atoms with Crippen molar-refractivity contribution in [3.8, 4) is 16.9 Å². The minimum absolute atomic E-state index is 0.214. The van der Waals surface area contributed by atoms with E-state index in [2.05, 4.69) is 15.3 Å². The molecular weight excluding hydrogens is 350 g/mol. The van der Waals surface area contributed by atoms with Crippen molar-refractivity contribution in [3.05, 3.63) is 90.4 Å². The zero-order valence-corrected chi connectivity index (χ0v) is 15.4. The van der Waals surface area contributed by atoms with Gasteiger partial charge in [0.25, 0.3) is 5.91 Å². The molecule has 0 radical (unpaired) electrons. The number of carbonyl (C=O) groups excluding carboxylic acids is 1. The highest BCUT2D eigenvalue weighted by Gasteiger charge is 2.14. The molecule has 0 aliphatic carbocycles. The monoisotopic (exact) mass is 369 g/mol. The third-order valence-electron chi connectivity index (χ3n) is 4.52. The van der Waals surface area contributed by atoms with Crippen molar-refractivity contribution in [2.24, 2.45) is 0 Å². The van der Waals surface area contributed by atoms with Crippen molar-refractivity contribution in [3.63, 3.8) is 0 Å². The third kappa shape index (κ3) is 3.55. The molecule has 4 rings (SSSR count). The minimum atomic E-state index is -0.214. The van der Waals surface area contributed by atoms with E-state index in [9.17, 15) is 4.79 Å². The van der Waals surface area contributed by atoms with Crippen LogP contribution in [0.4, 0.5) is 0 Å². The Hall–Kier alpha value is -3.73. The Morgan fingerprint density at radius 1 is 0.929 bits per heavy atom. The third-order valence-corrected chi connectivity index (χ3v) is 4.52. The number of nitrogens with zero attached hydrogens (tertiary/aromatic N) is 2. The Morgan fingerprint density at radius 3 is 2.54 bits per heavy atom. The molecule has 5 heteroatoms. The molecule has 0 fully saturated rings. The fourth-order valence-corrected chi connectivity index (χ4v) is 3.10. The topological polar surface area (TPSA) is 64.1 Å². The summed E-state index contributed by atoms with van der Waals surface area (Å²) in [5, 5.41) is 3.78. The molecule has 2 aromatic carbocycles. The van der Waals surface area contributed by atoms with Gasteiger partial charge < -0.3 is 10.1 Å². The number of nitrogens with one attached hydrogen (secondary N) is 1. The molecule has 138 valence electrons. The second kappa shape index (κ2) is 7.88. The first-order valence-corrected chi connectivity index (χ1v) is 8.96. The van der Waals surface area contributed by atoms with Crippen molar-refractivity contribution >= 4 is 16.8 Å². The summed E-state index contributed by atoms with van der Waals surface area (Å²) >= 11 is 0. The Balaban J connectivity index is 1.69. The lowest BCUT2D eigenvalue weighted by Gasteiger charge is -2.11. The predicted molar refractivity (Wildman–Crippen MR) is 109 cm³/mol. The van der Waals surface area contributed by atoms with Crippen molar-refractivity contribution in [2.75, 3.05) is 7.11 Å². The van der Waals surface area contributed by atoms with Crippen LogP contribution in [-0.2, 0) is 6.54 Å². The molecule has 0 aliphatic heterocycles. The Kier molecular flexibility index (Phi) is 4.97. The number of para-hydroxylation sites is 1. The quantitative estimate of drug-likeness (QED) is 0.572. The Labute approximate surface area is 163 Å². The Morgan fingerprint density at radius 2 is 1.71 bits per heavy atom. The summed E-state index contributed by atoms with van der Waals surface area (Å²) in [7, 11) is 1.63. The maximum absolute atomic E-state index is 12.6. The number of carbonyl (C=O) groups is 1. The van der Waals surface area contributed by atoms with Gasteiger partial charge in [-0.05, 0) is 23.8 Å². The Bertz CT molecular complexity index is 1130. The average molecular weight is 369 g/mol. The van der Waals surface area contributed by atoms with E-state index in [1.165, 1.54) is 0 Å². The van der Waals surface area contributed by atoms with E-state index in [4.69, 9.17) is 4.74 Å². The minimum Gasteiger partial charge on any atom is -0.496 e. The van der Waals surface area contributed by atoms with Gasteiger partial charge in [0.05, 0.1) is 12.6 Å². The summed E-state index contributed by atoms with van der Waals surface area (Å²) in [6, 6.07) is 21.1. The van der Waals surface area contributed by atoms with Crippen LogP contribution in [0.25, 0.3) is 22.0 Å². The summed E-state index contributed by atoms with van der Waals surface area (Å²) in [5.41, 5.74) is 3.83. The molecule has 0 saturated carbocycles. The van der Waals surface area contributed by atoms with Crippen molar-refractivity contribution in [1.29, 1.82) is 0 Å². The van der Waals surface area contributed by atoms with Gasteiger partial charge in [0.2, 0.25) is 0 Å². The van der Waals surface area contributed by atoms with Gasteiger partial charge >= 0.3 is 0 Å². The van der Waals surface area contributed by atoms with Gasteiger partial charge in [-0.25, -0.2) is 4.98 Å². The number of pyridine rings is 2. The first kappa shape index (κ1) is 17.7. The molecule has 2 aromatic heterocycles. The van der Waals surface area contributed by atoms with E-state index in [1.807, 2.05) is 60.7 Å². The number of ether oxygens (including phenoxy) is 1. The van der Waals surface area contributed by atoms with E-state index >= 15 is 0 Å². The van der Waals surface area contributed by atoms with Crippen LogP contribution in [0.2, 0.25) is 0 Å². The van der Waals surface area contributed by atoms with E-state index < -0.39 is 0 Å². The van der Waals surface area contributed by atoms with Gasteiger partial charge in [0.1, 0.15) is 11.4 Å². The van der Waals surface area contributed by atoms with Crippen molar-refractivity contribution < 1.29 is 9.53 Å². The lowest BCUT2D eigenvalue weighted by molar-refractivity contribution is 0.0946. The van der Waals surface area contributed by atoms with E-state index in [0.29, 0.717) is 17.8 Å². The summed E-state index contributed by atoms with van der Waals surface area (Å²) in [5.74, 6) is 0.520. The van der Waals surface area contributed by atoms with Crippen LogP contribution in [0.5, 0.6) is 5.75 Å². The fraction of sp³-hybridized carbons (Fsp3) is 0.0870. The number of methoxy groups -OCH3 is 1. The zero-order valence-electron chi connectivity index (χ0n) is 15.4. The highest BCUT2D eigenvalue weighted by molar-refractivity contribution is 5.99. The summed E-state index contributed by atoms with van der Waals surface area (Å²) < 4.78 is 5.48. The van der Waals surface area contributed by atoms with Crippen LogP contribution in [0.1, 0.15) is 16.1 Å². The molecule has 28 heavy (non-hydrogen) atoms. The van der Waals surface area contributed by atoms with E-state index in [0.717, 1.165) is 27.8 Å². The van der Waals surface area contributed by atoms with Crippen LogP contribution in [-0.4, -0.2) is 23.0 Å². The van der Waals surface area contributed by atoms with Crippen molar-refractivity contribution in [2.45, 2.75) is 6.54 Å². The number of benzene rings is 2. The highest BCUT2D eigenvalue weighted by atomic mass is 16.5. The molecule has 0 atom stereocenters. The van der Waals surface area contributed by atoms with Gasteiger partial charge in [-0.2, -0.15) is 0 Å². The molecule has 1 N–H and O–H groups in total. The maximum Gasteiger partial charge on any atom is 0.270 e. The molecule has 4 aromatic rings. The van der Waals surface area contributed by atoms with Crippen LogP contribution in [0.15, 0.2) is 79.1 Å². The van der Waals surface area contributed by atoms with Crippen molar-refractivity contribution in [1.82, 2.24) is 15.3 Å². The maximum atomic E-state index is 12.6. The molecule has 2 heterocycles. The normalized spacial score (nSPS) is 10.6. The predicted octanol–water partition coefficient (Wildman–Crippen LogP) is 4.24. The second-order valence-electron chi connectivity index (χ2n) is 6.32. The first-order valence-electron chi connectivity index (χ1n) is 8.96. The number of hydrogen-bond acceptors (Lipinski definition) is 4. The smallest absolute Gasteiger partial charge is 0.270 e. The number of rotatable bonds is 5. The van der Waals surface area contributed by atoms with Gasteiger partial charge in [-0.3, -0.25) is 9.78 Å². The van der Waals surface area contributed by atoms with Crippen LogP contribution >= 0.6 is 0 Å². The van der Waals surface area contributed by atoms with E-state index in [-0.39, 0.29) is 5.91 Å². The lowest BCUT2D eigenvalue weighted by atomic mass is 10.0. The average Bonchev–Trinajstić information content (AvgIpc) is 2.77. The number of aromatic nitrogens is 2. The first-order chi connectivity index (χ1) is 13.8. The number of hydrogen-bond donors (Lipinski definition) is 1. The molecular formula is C23H19N3O2. The van der Waals surface area contributed by atoms with Gasteiger partial charge in [-0.15, -0.1) is 0 Å². The number of fused-ring (bicyclic) bond motifs is 1. The molecule has 0 saturated heterocycles. The van der Waals surface area contributed by atoms with Gasteiger partial charge in [-0.1, -0.05) is 48.5 Å².